The zero-order valence-corrected chi connectivity index (χ0v) is 14.7. The molecule has 0 bridgehead atoms. The van der Waals surface area contributed by atoms with Crippen LogP contribution < -0.4 is 9.47 Å². The molecule has 130 valence electrons. The normalized spacial score (nSPS) is 22.4. The summed E-state index contributed by atoms with van der Waals surface area (Å²) in [7, 11) is 0. The molecule has 0 saturated carbocycles. The van der Waals surface area contributed by atoms with Crippen LogP contribution >= 0.6 is 0 Å². The Bertz CT molecular complexity index is 818. The quantitative estimate of drug-likeness (QED) is 0.850. The van der Waals surface area contributed by atoms with Crippen LogP contribution in [0, 0.1) is 6.92 Å². The van der Waals surface area contributed by atoms with E-state index >= 15 is 0 Å². The van der Waals surface area contributed by atoms with Gasteiger partial charge in [0.1, 0.15) is 6.10 Å². The van der Waals surface area contributed by atoms with Crippen molar-refractivity contribution in [3.8, 4) is 11.5 Å². The third kappa shape index (κ3) is 3.06. The van der Waals surface area contributed by atoms with Gasteiger partial charge in [0.25, 0.3) is 0 Å². The van der Waals surface area contributed by atoms with Crippen molar-refractivity contribution < 1.29 is 14.2 Å². The van der Waals surface area contributed by atoms with Crippen molar-refractivity contribution in [1.82, 2.24) is 4.98 Å². The third-order valence-corrected chi connectivity index (χ3v) is 4.95. The molecule has 0 fully saturated rings. The highest BCUT2D eigenvalue weighted by molar-refractivity contribution is 5.79. The first-order valence-electron chi connectivity index (χ1n) is 8.66. The summed E-state index contributed by atoms with van der Waals surface area (Å²) in [5.74, 6) is 2.51. The van der Waals surface area contributed by atoms with Crippen LogP contribution in [0.5, 0.6) is 11.5 Å². The molecule has 0 N–H and O–H groups in total. The van der Waals surface area contributed by atoms with Crippen LogP contribution in [0.15, 0.2) is 41.5 Å². The fraction of sp³-hybridized carbons (Fsp3) is 0.400. The Morgan fingerprint density at radius 1 is 1.16 bits per heavy atom. The molecule has 3 atom stereocenters. The van der Waals surface area contributed by atoms with Crippen LogP contribution in [0.4, 0.5) is 0 Å². The monoisotopic (exact) mass is 338 g/mol. The Kier molecular flexibility index (Phi) is 4.07. The Hall–Kier alpha value is -2.56. The highest BCUT2D eigenvalue weighted by atomic mass is 16.7. The molecule has 0 aliphatic carbocycles. The van der Waals surface area contributed by atoms with Gasteiger partial charge in [0.2, 0.25) is 6.79 Å². The van der Waals surface area contributed by atoms with E-state index in [9.17, 15) is 0 Å². The lowest BCUT2D eigenvalue weighted by Gasteiger charge is -2.20. The second kappa shape index (κ2) is 6.39. The average molecular weight is 338 g/mol. The number of ether oxygens (including phenoxy) is 3. The van der Waals surface area contributed by atoms with E-state index in [2.05, 4.69) is 42.0 Å². The van der Waals surface area contributed by atoms with Gasteiger partial charge in [-0.25, -0.2) is 4.99 Å². The summed E-state index contributed by atoms with van der Waals surface area (Å²) in [6.45, 7) is 6.47. The molecule has 4 rings (SSSR count). The number of aliphatic imine (C=N–C) groups is 1. The largest absolute Gasteiger partial charge is 0.476 e. The minimum absolute atomic E-state index is 0.111. The Labute approximate surface area is 147 Å². The molecule has 1 aromatic carbocycles. The number of fused-ring (bicyclic) bond motifs is 1. The second-order valence-corrected chi connectivity index (χ2v) is 6.63. The van der Waals surface area contributed by atoms with Gasteiger partial charge in [0.15, 0.2) is 17.4 Å². The van der Waals surface area contributed by atoms with Gasteiger partial charge in [-0.1, -0.05) is 12.1 Å². The number of hydrogen-bond donors (Lipinski definition) is 0. The smallest absolute Gasteiger partial charge is 0.231 e. The summed E-state index contributed by atoms with van der Waals surface area (Å²) in [4.78, 5) is 9.15. The van der Waals surface area contributed by atoms with Gasteiger partial charge in [-0.05, 0) is 50.1 Å². The maximum Gasteiger partial charge on any atom is 0.231 e. The summed E-state index contributed by atoms with van der Waals surface area (Å²) in [6.07, 6.45) is 2.66. The SMILES string of the molecule is Cc1ncccc1[C@@H](CC1=NC(C)C(C)O1)c1ccc2c(c1)OCO2. The molecule has 3 heterocycles. The number of benzene rings is 1. The average Bonchev–Trinajstić information content (AvgIpc) is 3.19. The Balaban J connectivity index is 1.71. The molecular formula is C20H22N2O3. The molecule has 2 aromatic rings. The van der Waals surface area contributed by atoms with Crippen LogP contribution in [0.1, 0.15) is 43.0 Å². The minimum Gasteiger partial charge on any atom is -0.476 e. The van der Waals surface area contributed by atoms with Crippen LogP contribution in [-0.2, 0) is 4.74 Å². The Morgan fingerprint density at radius 3 is 2.76 bits per heavy atom. The van der Waals surface area contributed by atoms with Crippen molar-refractivity contribution in [3.05, 3.63) is 53.3 Å². The summed E-state index contributed by atoms with van der Waals surface area (Å²) in [6, 6.07) is 10.4. The van der Waals surface area contributed by atoms with E-state index in [4.69, 9.17) is 14.2 Å². The minimum atomic E-state index is 0.111. The van der Waals surface area contributed by atoms with E-state index in [1.165, 1.54) is 5.56 Å². The summed E-state index contributed by atoms with van der Waals surface area (Å²) in [5, 5.41) is 0. The van der Waals surface area contributed by atoms with Gasteiger partial charge >= 0.3 is 0 Å². The molecule has 25 heavy (non-hydrogen) atoms. The number of rotatable bonds is 4. The lowest BCUT2D eigenvalue weighted by Crippen LogP contribution is -2.16. The predicted molar refractivity (Wildman–Crippen MR) is 95.4 cm³/mol. The first kappa shape index (κ1) is 15.9. The van der Waals surface area contributed by atoms with E-state index in [1.54, 1.807) is 0 Å². The fourth-order valence-corrected chi connectivity index (χ4v) is 3.35. The van der Waals surface area contributed by atoms with Crippen molar-refractivity contribution >= 4 is 5.90 Å². The lowest BCUT2D eigenvalue weighted by molar-refractivity contribution is 0.174. The lowest BCUT2D eigenvalue weighted by atomic mass is 9.87. The standard InChI is InChI=1S/C20H22N2O3/c1-12-14(3)25-20(22-12)10-17(16-5-4-8-21-13(16)2)15-6-7-18-19(9-15)24-11-23-18/h4-9,12,14,17H,10-11H2,1-3H3/t12?,14?,17-/m0/s1. The van der Waals surface area contributed by atoms with Crippen LogP contribution in [0.25, 0.3) is 0 Å². The van der Waals surface area contributed by atoms with Crippen LogP contribution in [0.2, 0.25) is 0 Å². The molecule has 5 heteroatoms. The van der Waals surface area contributed by atoms with Crippen molar-refractivity contribution in [1.29, 1.82) is 0 Å². The zero-order valence-electron chi connectivity index (χ0n) is 14.7. The molecule has 1 aromatic heterocycles. The van der Waals surface area contributed by atoms with Crippen molar-refractivity contribution in [2.24, 2.45) is 4.99 Å². The van der Waals surface area contributed by atoms with E-state index in [-0.39, 0.29) is 24.9 Å². The molecule has 2 aliphatic heterocycles. The second-order valence-electron chi connectivity index (χ2n) is 6.63. The molecule has 0 amide bonds. The highest BCUT2D eigenvalue weighted by Gasteiger charge is 2.28. The number of aryl methyl sites for hydroxylation is 1. The number of aromatic nitrogens is 1. The van der Waals surface area contributed by atoms with Crippen LogP contribution in [0.3, 0.4) is 0 Å². The first-order chi connectivity index (χ1) is 12.1. The topological polar surface area (TPSA) is 52.9 Å². The highest BCUT2D eigenvalue weighted by Crippen LogP contribution is 2.38. The van der Waals surface area contributed by atoms with Crippen molar-refractivity contribution in [2.45, 2.75) is 45.3 Å². The van der Waals surface area contributed by atoms with Crippen LogP contribution in [-0.4, -0.2) is 29.8 Å². The maximum atomic E-state index is 5.95. The van der Waals surface area contributed by atoms with Gasteiger partial charge in [-0.3, -0.25) is 4.98 Å². The first-order valence-corrected chi connectivity index (χ1v) is 8.66. The molecule has 2 aliphatic rings. The molecule has 0 saturated heterocycles. The number of nitrogens with zero attached hydrogens (tertiary/aromatic N) is 2. The van der Waals surface area contributed by atoms with Crippen molar-refractivity contribution in [3.63, 3.8) is 0 Å². The van der Waals surface area contributed by atoms with Gasteiger partial charge in [0, 0.05) is 24.2 Å². The molecule has 0 radical (unpaired) electrons. The van der Waals surface area contributed by atoms with E-state index in [0.717, 1.165) is 28.7 Å². The molecule has 5 nitrogen and oxygen atoms in total. The summed E-state index contributed by atoms with van der Waals surface area (Å²) in [5.41, 5.74) is 3.35. The van der Waals surface area contributed by atoms with Crippen molar-refractivity contribution in [2.75, 3.05) is 6.79 Å². The summed E-state index contributed by atoms with van der Waals surface area (Å²) >= 11 is 0. The molecule has 2 unspecified atom stereocenters. The fourth-order valence-electron chi connectivity index (χ4n) is 3.35. The van der Waals surface area contributed by atoms with E-state index in [0.29, 0.717) is 6.42 Å². The van der Waals surface area contributed by atoms with Gasteiger partial charge in [0.05, 0.1) is 6.04 Å². The number of hydrogen-bond acceptors (Lipinski definition) is 5. The molecule has 0 spiro atoms. The third-order valence-electron chi connectivity index (χ3n) is 4.95. The predicted octanol–water partition coefficient (Wildman–Crippen LogP) is 3.85. The maximum absolute atomic E-state index is 5.95. The molecular weight excluding hydrogens is 316 g/mol. The Morgan fingerprint density at radius 2 is 2.00 bits per heavy atom. The summed E-state index contributed by atoms with van der Waals surface area (Å²) < 4.78 is 17.0. The number of pyridine rings is 1. The van der Waals surface area contributed by atoms with Gasteiger partial charge < -0.3 is 14.2 Å². The van der Waals surface area contributed by atoms with Gasteiger partial charge in [-0.2, -0.15) is 0 Å². The van der Waals surface area contributed by atoms with Gasteiger partial charge in [-0.15, -0.1) is 0 Å². The van der Waals surface area contributed by atoms with E-state index < -0.39 is 0 Å². The van der Waals surface area contributed by atoms with E-state index in [1.807, 2.05) is 25.3 Å². The zero-order chi connectivity index (χ0) is 17.4.